The van der Waals surface area contributed by atoms with Gasteiger partial charge in [0.1, 0.15) is 5.82 Å². The van der Waals surface area contributed by atoms with Gasteiger partial charge in [-0.05, 0) is 81.6 Å². The summed E-state index contributed by atoms with van der Waals surface area (Å²) < 4.78 is 8.25. The van der Waals surface area contributed by atoms with Gasteiger partial charge in [-0.3, -0.25) is 13.9 Å². The zero-order valence-corrected chi connectivity index (χ0v) is 31.1. The van der Waals surface area contributed by atoms with Crippen LogP contribution in [0, 0.1) is 25.7 Å². The van der Waals surface area contributed by atoms with Gasteiger partial charge in [-0.1, -0.05) is 110 Å². The van der Waals surface area contributed by atoms with Gasteiger partial charge >= 0.3 is 5.69 Å². The Kier molecular flexibility index (Phi) is 23.1. The maximum absolute atomic E-state index is 12.6. The number of ether oxygens (including phenoxy) is 1. The van der Waals surface area contributed by atoms with E-state index in [1.54, 1.807) is 14.0 Å². The SMILES string of the molecule is C/C(=N/c1c(C)c(=O)n(CCOCc2ccccc2)c(=O)n1C)C(C)C.CC.CCCNCCC(C)C.CCc1ccccc1C. The molecule has 0 spiro atoms. The van der Waals surface area contributed by atoms with E-state index >= 15 is 0 Å². The zero-order valence-electron chi connectivity index (χ0n) is 31.1. The van der Waals surface area contributed by atoms with E-state index in [-0.39, 0.29) is 30.3 Å². The van der Waals surface area contributed by atoms with Gasteiger partial charge in [0.25, 0.3) is 5.56 Å². The number of benzene rings is 2. The van der Waals surface area contributed by atoms with Crippen LogP contribution in [0.5, 0.6) is 0 Å². The van der Waals surface area contributed by atoms with Crippen molar-refractivity contribution in [3.63, 3.8) is 0 Å². The lowest BCUT2D eigenvalue weighted by atomic mass is 10.1. The minimum Gasteiger partial charge on any atom is -0.375 e. The van der Waals surface area contributed by atoms with Crippen LogP contribution in [-0.4, -0.2) is 34.5 Å². The second-order valence-electron chi connectivity index (χ2n) is 11.9. The Morgan fingerprint density at radius 2 is 1.52 bits per heavy atom. The molecule has 3 aromatic rings. The number of aromatic nitrogens is 2. The van der Waals surface area contributed by atoms with Crippen molar-refractivity contribution in [1.29, 1.82) is 0 Å². The van der Waals surface area contributed by atoms with Crippen LogP contribution in [0.3, 0.4) is 0 Å². The molecule has 0 bridgehead atoms. The van der Waals surface area contributed by atoms with E-state index in [1.807, 2.05) is 65.0 Å². The molecule has 0 saturated heterocycles. The number of nitrogens with zero attached hydrogens (tertiary/aromatic N) is 3. The van der Waals surface area contributed by atoms with Crippen LogP contribution >= 0.6 is 0 Å². The van der Waals surface area contributed by atoms with Gasteiger partial charge in [0.05, 0.1) is 25.3 Å². The molecule has 0 unspecified atom stereocenters. The fraction of sp³-hybridized carbons (Fsp3) is 0.564. The third-order valence-corrected chi connectivity index (χ3v) is 7.39. The summed E-state index contributed by atoms with van der Waals surface area (Å²) in [7, 11) is 1.64. The molecular formula is C39H64N4O3. The van der Waals surface area contributed by atoms with Gasteiger partial charge in [-0.2, -0.15) is 0 Å². The third-order valence-electron chi connectivity index (χ3n) is 7.39. The second kappa shape index (κ2) is 24.9. The average molecular weight is 637 g/mol. The minimum absolute atomic E-state index is 0.215. The molecule has 7 nitrogen and oxygen atoms in total. The molecule has 7 heteroatoms. The number of rotatable bonds is 13. The molecule has 46 heavy (non-hydrogen) atoms. The predicted molar refractivity (Wildman–Crippen MR) is 199 cm³/mol. The lowest BCUT2D eigenvalue weighted by molar-refractivity contribution is 0.111. The fourth-order valence-corrected chi connectivity index (χ4v) is 4.18. The molecule has 2 aromatic carbocycles. The molecule has 0 atom stereocenters. The number of hydrogen-bond donors (Lipinski definition) is 1. The molecule has 0 aliphatic heterocycles. The molecular weight excluding hydrogens is 572 g/mol. The van der Waals surface area contributed by atoms with Crippen LogP contribution in [0.2, 0.25) is 0 Å². The molecule has 0 aliphatic rings. The largest absolute Gasteiger partial charge is 0.375 e. The van der Waals surface area contributed by atoms with Crippen molar-refractivity contribution in [1.82, 2.24) is 14.5 Å². The monoisotopic (exact) mass is 636 g/mol. The third kappa shape index (κ3) is 16.3. The van der Waals surface area contributed by atoms with Crippen molar-refractivity contribution >= 4 is 11.5 Å². The van der Waals surface area contributed by atoms with Crippen LogP contribution in [-0.2, 0) is 31.4 Å². The highest BCUT2D eigenvalue weighted by atomic mass is 16.5. The van der Waals surface area contributed by atoms with Crippen LogP contribution in [0.25, 0.3) is 0 Å². The lowest BCUT2D eigenvalue weighted by Crippen LogP contribution is -2.41. The molecule has 0 saturated carbocycles. The molecule has 1 heterocycles. The first-order chi connectivity index (χ1) is 21.9. The zero-order chi connectivity index (χ0) is 35.1. The van der Waals surface area contributed by atoms with Crippen molar-refractivity contribution in [2.75, 3.05) is 19.7 Å². The molecule has 258 valence electrons. The summed E-state index contributed by atoms with van der Waals surface area (Å²) in [4.78, 5) is 29.7. The summed E-state index contributed by atoms with van der Waals surface area (Å²) in [5.41, 5.74) is 4.57. The highest BCUT2D eigenvalue weighted by molar-refractivity contribution is 5.86. The molecule has 0 aliphatic carbocycles. The van der Waals surface area contributed by atoms with Gasteiger partial charge in [0, 0.05) is 12.8 Å². The number of aryl methyl sites for hydroxylation is 2. The van der Waals surface area contributed by atoms with E-state index < -0.39 is 0 Å². The lowest BCUT2D eigenvalue weighted by Gasteiger charge is -2.14. The van der Waals surface area contributed by atoms with Crippen molar-refractivity contribution in [3.05, 3.63) is 97.7 Å². The molecule has 1 aromatic heterocycles. The summed E-state index contributed by atoms with van der Waals surface area (Å²) in [6, 6.07) is 18.3. The Bertz CT molecular complexity index is 1330. The topological polar surface area (TPSA) is 77.6 Å². The standard InChI is InChI=1S/C20H27N3O3.C9H12.C8H19N.C2H6/c1-14(2)16(4)21-18-15(3)19(24)23(20(25)22(18)5)11-12-26-13-17-9-7-6-8-10-17;1-3-9-7-5-4-6-8(9)2;1-4-6-9-7-5-8(2)3;1-2/h6-10,14H,11-13H2,1-5H3;4-7H,3H2,1-2H3;8-9H,4-7H2,1-3H3;1-2H3/b21-16-;;;. The van der Waals surface area contributed by atoms with E-state index in [4.69, 9.17) is 4.74 Å². The molecule has 3 rings (SSSR count). The fourth-order valence-electron chi connectivity index (χ4n) is 4.18. The summed E-state index contributed by atoms with van der Waals surface area (Å²) >= 11 is 0. The summed E-state index contributed by atoms with van der Waals surface area (Å²) in [6.07, 6.45) is 3.70. The van der Waals surface area contributed by atoms with E-state index in [0.717, 1.165) is 23.6 Å². The van der Waals surface area contributed by atoms with Crippen molar-refractivity contribution in [2.24, 2.45) is 23.9 Å². The van der Waals surface area contributed by atoms with E-state index in [0.29, 0.717) is 18.0 Å². The number of hydrogen-bond acceptors (Lipinski definition) is 5. The Morgan fingerprint density at radius 3 is 2.04 bits per heavy atom. The van der Waals surface area contributed by atoms with Crippen LogP contribution in [0.4, 0.5) is 5.82 Å². The Balaban J connectivity index is 0.000000824. The van der Waals surface area contributed by atoms with Crippen LogP contribution in [0.1, 0.15) is 97.4 Å². The van der Waals surface area contributed by atoms with E-state index in [9.17, 15) is 9.59 Å². The maximum Gasteiger partial charge on any atom is 0.332 e. The van der Waals surface area contributed by atoms with Crippen molar-refractivity contribution < 1.29 is 4.74 Å². The number of nitrogens with one attached hydrogen (secondary N) is 1. The molecule has 0 amide bonds. The highest BCUT2D eigenvalue weighted by Crippen LogP contribution is 2.14. The second-order valence-corrected chi connectivity index (χ2v) is 11.9. The van der Waals surface area contributed by atoms with Gasteiger partial charge in [0.2, 0.25) is 0 Å². The molecule has 0 radical (unpaired) electrons. The highest BCUT2D eigenvalue weighted by Gasteiger charge is 2.14. The van der Waals surface area contributed by atoms with Gasteiger partial charge in [-0.15, -0.1) is 0 Å². The Hall–Kier alpha value is -3.29. The number of aliphatic imine (C=N–C) groups is 1. The Morgan fingerprint density at radius 1 is 0.913 bits per heavy atom. The smallest absolute Gasteiger partial charge is 0.332 e. The first-order valence-corrected chi connectivity index (χ1v) is 17.2. The summed E-state index contributed by atoms with van der Waals surface area (Å²) in [6.45, 7) is 26.0. The van der Waals surface area contributed by atoms with Gasteiger partial charge < -0.3 is 10.1 Å². The quantitative estimate of drug-likeness (QED) is 0.151. The predicted octanol–water partition coefficient (Wildman–Crippen LogP) is 8.44. The first kappa shape index (κ1) is 42.7. The maximum atomic E-state index is 12.6. The summed E-state index contributed by atoms with van der Waals surface area (Å²) in [5, 5.41) is 3.37. The van der Waals surface area contributed by atoms with Gasteiger partial charge in [0.15, 0.2) is 0 Å². The van der Waals surface area contributed by atoms with E-state index in [2.05, 4.69) is 69.2 Å². The van der Waals surface area contributed by atoms with Crippen molar-refractivity contribution in [2.45, 2.75) is 109 Å². The van der Waals surface area contributed by atoms with Crippen LogP contribution in [0.15, 0.2) is 69.2 Å². The Labute approximate surface area is 280 Å². The van der Waals surface area contributed by atoms with Crippen molar-refractivity contribution in [3.8, 4) is 0 Å². The van der Waals surface area contributed by atoms with E-state index in [1.165, 1.54) is 46.2 Å². The normalized spacial score (nSPS) is 10.9. The average Bonchev–Trinajstić information content (AvgIpc) is 3.06. The first-order valence-electron chi connectivity index (χ1n) is 17.2. The summed E-state index contributed by atoms with van der Waals surface area (Å²) in [5.74, 6) is 1.51. The van der Waals surface area contributed by atoms with Crippen LogP contribution < -0.4 is 16.6 Å². The minimum atomic E-state index is -0.376. The van der Waals surface area contributed by atoms with Gasteiger partial charge in [-0.25, -0.2) is 9.79 Å². The molecule has 1 N–H and O–H groups in total. The molecule has 0 fully saturated rings.